The van der Waals surface area contributed by atoms with E-state index in [0.717, 1.165) is 55.7 Å². The highest BCUT2D eigenvalue weighted by atomic mass is 16.3. The van der Waals surface area contributed by atoms with E-state index in [4.69, 9.17) is 4.42 Å². The summed E-state index contributed by atoms with van der Waals surface area (Å²) < 4.78 is 6.25. The summed E-state index contributed by atoms with van der Waals surface area (Å²) in [7, 11) is 0. The number of para-hydroxylation sites is 1. The molecule has 0 unspecified atom stereocenters. The standard InChI is InChI=1S/C58H39NO/c1-2-10-40(11-3-1)42-20-22-43(23-21-42)49-16-9-17-54(38-49)59(53-33-28-45(29-34-53)51-30-35-56-55-18-6-7-19-57(55)60-58(56)39-51)52-31-26-44(27-32-52)47-14-8-15-48(36-47)50-25-24-41-12-4-5-13-46(41)37-50/h1-39H. The maximum Gasteiger partial charge on any atom is 0.136 e. The smallest absolute Gasteiger partial charge is 0.136 e. The Labute approximate surface area is 349 Å². The van der Waals surface area contributed by atoms with E-state index in [-0.39, 0.29) is 0 Å². The summed E-state index contributed by atoms with van der Waals surface area (Å²) in [4.78, 5) is 2.35. The molecule has 11 rings (SSSR count). The molecule has 10 aromatic carbocycles. The molecule has 11 aromatic rings. The fourth-order valence-electron chi connectivity index (χ4n) is 8.52. The van der Waals surface area contributed by atoms with Crippen LogP contribution in [0, 0.1) is 0 Å². The van der Waals surface area contributed by atoms with E-state index < -0.39 is 0 Å². The van der Waals surface area contributed by atoms with E-state index in [0.29, 0.717) is 0 Å². The largest absolute Gasteiger partial charge is 0.456 e. The Morgan fingerprint density at radius 1 is 0.233 bits per heavy atom. The van der Waals surface area contributed by atoms with Gasteiger partial charge in [0.15, 0.2) is 0 Å². The average Bonchev–Trinajstić information content (AvgIpc) is 3.70. The molecule has 0 saturated carbocycles. The summed E-state index contributed by atoms with van der Waals surface area (Å²) in [5.74, 6) is 0. The van der Waals surface area contributed by atoms with Crippen molar-refractivity contribution < 1.29 is 4.42 Å². The molecule has 282 valence electrons. The molecule has 0 atom stereocenters. The number of hydrogen-bond acceptors (Lipinski definition) is 2. The number of nitrogens with zero attached hydrogens (tertiary/aromatic N) is 1. The van der Waals surface area contributed by atoms with Crippen LogP contribution >= 0.6 is 0 Å². The Balaban J connectivity index is 0.949. The quantitative estimate of drug-likeness (QED) is 0.153. The SMILES string of the molecule is c1ccc(-c2ccc(-c3cccc(N(c4ccc(-c5cccc(-c6ccc7ccccc7c6)c5)cc4)c4ccc(-c5ccc6c(c5)oc5ccccc56)cc4)c3)cc2)cc1. The van der Waals surface area contributed by atoms with E-state index in [1.807, 2.05) is 12.1 Å². The number of rotatable bonds is 8. The van der Waals surface area contributed by atoms with Crippen molar-refractivity contribution in [2.75, 3.05) is 4.90 Å². The van der Waals surface area contributed by atoms with Crippen LogP contribution in [0.3, 0.4) is 0 Å². The Morgan fingerprint density at radius 3 is 1.40 bits per heavy atom. The third kappa shape index (κ3) is 6.70. The van der Waals surface area contributed by atoms with Crippen LogP contribution in [0.5, 0.6) is 0 Å². The summed E-state index contributed by atoms with van der Waals surface area (Å²) >= 11 is 0. The minimum Gasteiger partial charge on any atom is -0.456 e. The highest BCUT2D eigenvalue weighted by molar-refractivity contribution is 6.06. The predicted octanol–water partition coefficient (Wildman–Crippen LogP) is 16.5. The Bertz CT molecular complexity index is 3290. The van der Waals surface area contributed by atoms with Gasteiger partial charge in [-0.2, -0.15) is 0 Å². The van der Waals surface area contributed by atoms with Gasteiger partial charge in [0.1, 0.15) is 11.2 Å². The van der Waals surface area contributed by atoms with E-state index in [1.54, 1.807) is 0 Å². The molecule has 1 heterocycles. The first-order valence-electron chi connectivity index (χ1n) is 20.5. The van der Waals surface area contributed by atoms with Crippen LogP contribution in [-0.4, -0.2) is 0 Å². The van der Waals surface area contributed by atoms with Gasteiger partial charge in [-0.05, 0) is 133 Å². The molecule has 2 nitrogen and oxygen atoms in total. The maximum atomic E-state index is 6.25. The predicted molar refractivity (Wildman–Crippen MR) is 253 cm³/mol. The van der Waals surface area contributed by atoms with Crippen molar-refractivity contribution in [1.29, 1.82) is 0 Å². The van der Waals surface area contributed by atoms with E-state index in [2.05, 4.69) is 229 Å². The van der Waals surface area contributed by atoms with Crippen LogP contribution in [0.4, 0.5) is 17.1 Å². The normalized spacial score (nSPS) is 11.3. The highest BCUT2D eigenvalue weighted by Gasteiger charge is 2.16. The minimum atomic E-state index is 0.899. The summed E-state index contributed by atoms with van der Waals surface area (Å²) in [6.07, 6.45) is 0. The first-order chi connectivity index (χ1) is 29.7. The van der Waals surface area contributed by atoms with Crippen molar-refractivity contribution in [2.24, 2.45) is 0 Å². The molecule has 0 fully saturated rings. The molecule has 0 bridgehead atoms. The Morgan fingerprint density at radius 2 is 0.683 bits per heavy atom. The monoisotopic (exact) mass is 765 g/mol. The van der Waals surface area contributed by atoms with Gasteiger partial charge < -0.3 is 9.32 Å². The van der Waals surface area contributed by atoms with Gasteiger partial charge in [-0.1, -0.05) is 170 Å². The molecule has 1 aromatic heterocycles. The minimum absolute atomic E-state index is 0.899. The van der Waals surface area contributed by atoms with Gasteiger partial charge in [0.2, 0.25) is 0 Å². The molecule has 0 radical (unpaired) electrons. The van der Waals surface area contributed by atoms with Crippen molar-refractivity contribution in [3.05, 3.63) is 237 Å². The Kier molecular flexibility index (Phi) is 8.87. The lowest BCUT2D eigenvalue weighted by molar-refractivity contribution is 0.669. The zero-order chi connectivity index (χ0) is 39.8. The van der Waals surface area contributed by atoms with Crippen LogP contribution in [0.15, 0.2) is 241 Å². The second-order valence-electron chi connectivity index (χ2n) is 15.4. The molecule has 0 N–H and O–H groups in total. The van der Waals surface area contributed by atoms with Gasteiger partial charge >= 0.3 is 0 Å². The van der Waals surface area contributed by atoms with Crippen molar-refractivity contribution in [2.45, 2.75) is 0 Å². The molecule has 2 heteroatoms. The van der Waals surface area contributed by atoms with E-state index in [1.165, 1.54) is 49.7 Å². The van der Waals surface area contributed by atoms with Crippen LogP contribution in [-0.2, 0) is 0 Å². The topological polar surface area (TPSA) is 16.4 Å². The fourth-order valence-corrected chi connectivity index (χ4v) is 8.52. The maximum absolute atomic E-state index is 6.25. The lowest BCUT2D eigenvalue weighted by atomic mass is 9.97. The van der Waals surface area contributed by atoms with Gasteiger partial charge in [-0.3, -0.25) is 0 Å². The Hall–Kier alpha value is -7.94. The molecule has 0 aliphatic carbocycles. The van der Waals surface area contributed by atoms with Crippen molar-refractivity contribution >= 4 is 49.8 Å². The first kappa shape index (κ1) is 35.2. The summed E-state index contributed by atoms with van der Waals surface area (Å²) in [6.45, 7) is 0. The van der Waals surface area contributed by atoms with Crippen molar-refractivity contribution in [3.8, 4) is 55.6 Å². The lowest BCUT2D eigenvalue weighted by Gasteiger charge is -2.26. The molecule has 0 saturated heterocycles. The number of furan rings is 1. The van der Waals surface area contributed by atoms with Crippen molar-refractivity contribution in [1.82, 2.24) is 0 Å². The number of hydrogen-bond donors (Lipinski definition) is 0. The summed E-state index contributed by atoms with van der Waals surface area (Å²) in [5.41, 5.74) is 16.8. The van der Waals surface area contributed by atoms with Gasteiger partial charge in [0.05, 0.1) is 0 Å². The molecule has 0 aliphatic heterocycles. The fraction of sp³-hybridized carbons (Fsp3) is 0. The van der Waals surface area contributed by atoms with Crippen molar-refractivity contribution in [3.63, 3.8) is 0 Å². The molecular weight excluding hydrogens is 727 g/mol. The van der Waals surface area contributed by atoms with Gasteiger partial charge in [0.25, 0.3) is 0 Å². The number of anilines is 3. The zero-order valence-corrected chi connectivity index (χ0v) is 32.9. The highest BCUT2D eigenvalue weighted by Crippen LogP contribution is 2.40. The van der Waals surface area contributed by atoms with Crippen LogP contribution < -0.4 is 4.90 Å². The second-order valence-corrected chi connectivity index (χ2v) is 15.4. The zero-order valence-electron chi connectivity index (χ0n) is 32.9. The first-order valence-corrected chi connectivity index (χ1v) is 20.5. The van der Waals surface area contributed by atoms with Gasteiger partial charge in [-0.25, -0.2) is 0 Å². The average molecular weight is 766 g/mol. The van der Waals surface area contributed by atoms with Gasteiger partial charge in [0, 0.05) is 27.8 Å². The third-order valence-corrected chi connectivity index (χ3v) is 11.7. The molecular formula is C58H39NO. The summed E-state index contributed by atoms with van der Waals surface area (Å²) in [5, 5.41) is 4.78. The molecule has 0 spiro atoms. The van der Waals surface area contributed by atoms with Crippen LogP contribution in [0.25, 0.3) is 88.3 Å². The number of benzene rings is 10. The van der Waals surface area contributed by atoms with Crippen LogP contribution in [0.1, 0.15) is 0 Å². The molecule has 60 heavy (non-hydrogen) atoms. The van der Waals surface area contributed by atoms with E-state index in [9.17, 15) is 0 Å². The van der Waals surface area contributed by atoms with E-state index >= 15 is 0 Å². The van der Waals surface area contributed by atoms with Gasteiger partial charge in [-0.15, -0.1) is 0 Å². The lowest BCUT2D eigenvalue weighted by Crippen LogP contribution is -2.10. The molecule has 0 aliphatic rings. The number of fused-ring (bicyclic) bond motifs is 4. The summed E-state index contributed by atoms with van der Waals surface area (Å²) in [6, 6.07) is 84.9. The van der Waals surface area contributed by atoms with Crippen LogP contribution in [0.2, 0.25) is 0 Å². The third-order valence-electron chi connectivity index (χ3n) is 11.7. The second kappa shape index (κ2) is 15.1. The molecule has 0 amide bonds.